The largest absolute Gasteiger partial charge is 0.310 e. The van der Waals surface area contributed by atoms with E-state index >= 15 is 0 Å². The van der Waals surface area contributed by atoms with Gasteiger partial charge in [-0.1, -0.05) is 28.9 Å². The summed E-state index contributed by atoms with van der Waals surface area (Å²) in [6.07, 6.45) is 2.09. The summed E-state index contributed by atoms with van der Waals surface area (Å²) < 4.78 is 1.14. The molecule has 2 aromatic rings. The van der Waals surface area contributed by atoms with Gasteiger partial charge in [0.05, 0.1) is 5.01 Å². The number of aryl methyl sites for hydroxylation is 2. The third-order valence-corrected chi connectivity index (χ3v) is 4.78. The lowest BCUT2D eigenvalue weighted by molar-refractivity contribution is 0.526. The van der Waals surface area contributed by atoms with Crippen LogP contribution in [0, 0.1) is 13.8 Å². The lowest BCUT2D eigenvalue weighted by atomic mass is 9.99. The molecule has 1 heterocycles. The van der Waals surface area contributed by atoms with Gasteiger partial charge in [-0.25, -0.2) is 4.98 Å². The molecule has 0 fully saturated rings. The standard InChI is InChI=1S/C16H21BrN2S/c1-4-7-18-15(9-16-19-12(3)10-20-16)14-8-13(17)6-5-11(14)2/h5-6,8,10,15,18H,4,7,9H2,1-3H3. The molecule has 108 valence electrons. The Balaban J connectivity index is 2.24. The van der Waals surface area contributed by atoms with E-state index in [1.165, 1.54) is 16.1 Å². The van der Waals surface area contributed by atoms with Gasteiger partial charge in [0.1, 0.15) is 0 Å². The molecule has 0 amide bonds. The Morgan fingerprint density at radius 3 is 2.80 bits per heavy atom. The van der Waals surface area contributed by atoms with Crippen molar-refractivity contribution in [2.45, 2.75) is 39.7 Å². The first kappa shape index (κ1) is 15.7. The van der Waals surface area contributed by atoms with Crippen molar-refractivity contribution in [1.82, 2.24) is 10.3 Å². The Hall–Kier alpha value is -0.710. The summed E-state index contributed by atoms with van der Waals surface area (Å²) in [6.45, 7) is 7.46. The second-order valence-electron chi connectivity index (χ2n) is 5.09. The molecule has 0 bridgehead atoms. The highest BCUT2D eigenvalue weighted by molar-refractivity contribution is 9.10. The minimum absolute atomic E-state index is 0.331. The summed E-state index contributed by atoms with van der Waals surface area (Å²) in [5, 5.41) is 6.99. The molecule has 0 radical (unpaired) electrons. The smallest absolute Gasteiger partial charge is 0.0947 e. The summed E-state index contributed by atoms with van der Waals surface area (Å²) in [4.78, 5) is 4.60. The van der Waals surface area contributed by atoms with E-state index in [1.807, 2.05) is 0 Å². The summed E-state index contributed by atoms with van der Waals surface area (Å²) in [6, 6.07) is 6.83. The molecule has 2 nitrogen and oxygen atoms in total. The average molecular weight is 353 g/mol. The molecule has 0 saturated carbocycles. The minimum atomic E-state index is 0.331. The minimum Gasteiger partial charge on any atom is -0.310 e. The molecule has 1 N–H and O–H groups in total. The van der Waals surface area contributed by atoms with Crippen LogP contribution < -0.4 is 5.32 Å². The first-order valence-corrected chi connectivity index (χ1v) is 8.68. The molecule has 2 rings (SSSR count). The number of nitrogens with one attached hydrogen (secondary N) is 1. The second kappa shape index (κ2) is 7.34. The van der Waals surface area contributed by atoms with Crippen LogP contribution in [0.25, 0.3) is 0 Å². The van der Waals surface area contributed by atoms with E-state index in [0.29, 0.717) is 6.04 Å². The molecule has 0 spiro atoms. The van der Waals surface area contributed by atoms with Crippen LogP contribution in [-0.2, 0) is 6.42 Å². The molecule has 0 saturated heterocycles. The molecule has 20 heavy (non-hydrogen) atoms. The van der Waals surface area contributed by atoms with E-state index in [2.05, 4.69) is 70.6 Å². The van der Waals surface area contributed by atoms with Gasteiger partial charge in [0, 0.05) is 28.0 Å². The highest BCUT2D eigenvalue weighted by Crippen LogP contribution is 2.26. The third kappa shape index (κ3) is 4.14. The van der Waals surface area contributed by atoms with Gasteiger partial charge in [0.25, 0.3) is 0 Å². The fraction of sp³-hybridized carbons (Fsp3) is 0.438. The van der Waals surface area contributed by atoms with E-state index < -0.39 is 0 Å². The number of nitrogens with zero attached hydrogens (tertiary/aromatic N) is 1. The van der Waals surface area contributed by atoms with Gasteiger partial charge < -0.3 is 5.32 Å². The maximum Gasteiger partial charge on any atom is 0.0947 e. The zero-order chi connectivity index (χ0) is 14.5. The van der Waals surface area contributed by atoms with Crippen LogP contribution in [0.2, 0.25) is 0 Å². The fourth-order valence-corrected chi connectivity index (χ4v) is 3.47. The Morgan fingerprint density at radius 2 is 2.15 bits per heavy atom. The molecule has 0 aliphatic rings. The molecule has 1 aromatic carbocycles. The SMILES string of the molecule is CCCNC(Cc1nc(C)cs1)c1cc(Br)ccc1C. The second-order valence-corrected chi connectivity index (χ2v) is 6.95. The number of halogens is 1. The molecular weight excluding hydrogens is 332 g/mol. The summed E-state index contributed by atoms with van der Waals surface area (Å²) in [7, 11) is 0. The number of hydrogen-bond donors (Lipinski definition) is 1. The van der Waals surface area contributed by atoms with E-state index in [-0.39, 0.29) is 0 Å². The normalized spacial score (nSPS) is 12.6. The van der Waals surface area contributed by atoms with Crippen LogP contribution in [0.1, 0.15) is 41.2 Å². The molecule has 0 aliphatic heterocycles. The Labute approximate surface area is 133 Å². The first-order chi connectivity index (χ1) is 9.60. The van der Waals surface area contributed by atoms with Crippen molar-refractivity contribution >= 4 is 27.3 Å². The van der Waals surface area contributed by atoms with Crippen molar-refractivity contribution < 1.29 is 0 Å². The maximum absolute atomic E-state index is 4.60. The lowest BCUT2D eigenvalue weighted by Crippen LogP contribution is -2.24. The molecule has 1 aromatic heterocycles. The number of hydrogen-bond acceptors (Lipinski definition) is 3. The lowest BCUT2D eigenvalue weighted by Gasteiger charge is -2.20. The Kier molecular flexibility index (Phi) is 5.75. The molecule has 4 heteroatoms. The summed E-state index contributed by atoms with van der Waals surface area (Å²) >= 11 is 5.33. The highest BCUT2D eigenvalue weighted by Gasteiger charge is 2.16. The van der Waals surface area contributed by atoms with Crippen molar-refractivity contribution in [3.8, 4) is 0 Å². The Bertz CT molecular complexity index is 565. The molecule has 1 unspecified atom stereocenters. The quantitative estimate of drug-likeness (QED) is 0.806. The molecule has 1 atom stereocenters. The first-order valence-electron chi connectivity index (χ1n) is 7.00. The van der Waals surface area contributed by atoms with Gasteiger partial charge in [-0.05, 0) is 50.1 Å². The van der Waals surface area contributed by atoms with E-state index in [1.54, 1.807) is 11.3 Å². The number of benzene rings is 1. The van der Waals surface area contributed by atoms with Crippen molar-refractivity contribution in [3.05, 3.63) is 49.9 Å². The number of thiazole rings is 1. The van der Waals surface area contributed by atoms with Crippen LogP contribution >= 0.6 is 27.3 Å². The van der Waals surface area contributed by atoms with Gasteiger partial charge in [-0.15, -0.1) is 11.3 Å². The maximum atomic E-state index is 4.60. The van der Waals surface area contributed by atoms with Crippen LogP contribution in [0.3, 0.4) is 0 Å². The van der Waals surface area contributed by atoms with E-state index in [0.717, 1.165) is 29.6 Å². The summed E-state index contributed by atoms with van der Waals surface area (Å²) in [5.74, 6) is 0. The van der Waals surface area contributed by atoms with E-state index in [9.17, 15) is 0 Å². The number of aromatic nitrogens is 1. The van der Waals surface area contributed by atoms with Crippen molar-refractivity contribution in [2.75, 3.05) is 6.54 Å². The van der Waals surface area contributed by atoms with Gasteiger partial charge in [0.15, 0.2) is 0 Å². The molecule has 0 aliphatic carbocycles. The predicted molar refractivity (Wildman–Crippen MR) is 90.5 cm³/mol. The van der Waals surface area contributed by atoms with Crippen molar-refractivity contribution in [1.29, 1.82) is 0 Å². The summed E-state index contributed by atoms with van der Waals surface area (Å²) in [5.41, 5.74) is 3.81. The third-order valence-electron chi connectivity index (χ3n) is 3.30. The van der Waals surface area contributed by atoms with Crippen molar-refractivity contribution in [2.24, 2.45) is 0 Å². The van der Waals surface area contributed by atoms with Gasteiger partial charge in [0.2, 0.25) is 0 Å². The Morgan fingerprint density at radius 1 is 1.35 bits per heavy atom. The average Bonchev–Trinajstić information content (AvgIpc) is 2.83. The van der Waals surface area contributed by atoms with Gasteiger partial charge in [-0.3, -0.25) is 0 Å². The van der Waals surface area contributed by atoms with Crippen LogP contribution in [-0.4, -0.2) is 11.5 Å². The van der Waals surface area contributed by atoms with Crippen LogP contribution in [0.15, 0.2) is 28.1 Å². The zero-order valence-electron chi connectivity index (χ0n) is 12.2. The predicted octanol–water partition coefficient (Wildman–Crippen LogP) is 4.81. The fourth-order valence-electron chi connectivity index (χ4n) is 2.27. The van der Waals surface area contributed by atoms with Gasteiger partial charge >= 0.3 is 0 Å². The van der Waals surface area contributed by atoms with Gasteiger partial charge in [-0.2, -0.15) is 0 Å². The van der Waals surface area contributed by atoms with Crippen LogP contribution in [0.5, 0.6) is 0 Å². The highest BCUT2D eigenvalue weighted by atomic mass is 79.9. The molecular formula is C16H21BrN2S. The topological polar surface area (TPSA) is 24.9 Å². The van der Waals surface area contributed by atoms with Crippen LogP contribution in [0.4, 0.5) is 0 Å². The van der Waals surface area contributed by atoms with Crippen molar-refractivity contribution in [3.63, 3.8) is 0 Å². The zero-order valence-corrected chi connectivity index (χ0v) is 14.6. The monoisotopic (exact) mass is 352 g/mol. The van der Waals surface area contributed by atoms with E-state index in [4.69, 9.17) is 0 Å². The number of rotatable bonds is 6.